The molecule has 0 unspecified atom stereocenters. The highest BCUT2D eigenvalue weighted by atomic mass is 19.4. The fraction of sp³-hybridized carbons (Fsp3) is 0.400. The molecule has 2 aromatic heterocycles. The van der Waals surface area contributed by atoms with Gasteiger partial charge in [-0.3, -0.25) is 4.40 Å². The summed E-state index contributed by atoms with van der Waals surface area (Å²) in [5.74, 6) is 0.286. The van der Waals surface area contributed by atoms with Crippen LogP contribution in [0.3, 0.4) is 0 Å². The first-order chi connectivity index (χ1) is 12.7. The van der Waals surface area contributed by atoms with Gasteiger partial charge in [-0.25, -0.2) is 4.98 Å². The highest BCUT2D eigenvalue weighted by Crippen LogP contribution is 2.42. The quantitative estimate of drug-likeness (QED) is 0.648. The molecule has 27 heavy (non-hydrogen) atoms. The van der Waals surface area contributed by atoms with Crippen molar-refractivity contribution in [2.75, 3.05) is 31.1 Å². The van der Waals surface area contributed by atoms with Crippen molar-refractivity contribution in [1.82, 2.24) is 24.9 Å². The molecule has 144 valence electrons. The predicted molar refractivity (Wildman–Crippen MR) is 83.4 cm³/mol. The summed E-state index contributed by atoms with van der Waals surface area (Å²) in [5.41, 5.74) is -3.70. The predicted octanol–water partition coefficient (Wildman–Crippen LogP) is 2.72. The topological polar surface area (TPSA) is 58.4 Å². The van der Waals surface area contributed by atoms with Gasteiger partial charge in [-0.1, -0.05) is 0 Å². The summed E-state index contributed by atoms with van der Waals surface area (Å²) in [4.78, 5) is 6.01. The number of piperazine rings is 1. The van der Waals surface area contributed by atoms with Gasteiger partial charge in [0.2, 0.25) is 5.65 Å². The molecule has 4 rings (SSSR count). The van der Waals surface area contributed by atoms with Crippen LogP contribution in [0.5, 0.6) is 0 Å². The average Bonchev–Trinajstić information content (AvgIpc) is 3.09. The maximum absolute atomic E-state index is 13.2. The van der Waals surface area contributed by atoms with Crippen LogP contribution in [0.4, 0.5) is 32.2 Å². The zero-order valence-corrected chi connectivity index (χ0v) is 13.6. The van der Waals surface area contributed by atoms with Crippen LogP contribution in [-0.4, -0.2) is 45.8 Å². The molecule has 1 fully saturated rings. The molecule has 1 aliphatic heterocycles. The first-order valence-electron chi connectivity index (χ1n) is 7.94. The van der Waals surface area contributed by atoms with E-state index >= 15 is 0 Å². The van der Waals surface area contributed by atoms with Crippen LogP contribution >= 0.6 is 0 Å². The van der Waals surface area contributed by atoms with Crippen molar-refractivity contribution in [3.8, 4) is 0 Å². The van der Waals surface area contributed by atoms with Crippen molar-refractivity contribution in [3.63, 3.8) is 0 Å². The first kappa shape index (κ1) is 17.8. The van der Waals surface area contributed by atoms with Gasteiger partial charge >= 0.3 is 12.4 Å². The summed E-state index contributed by atoms with van der Waals surface area (Å²) in [6, 6.07) is 0.881. The number of nitrogens with one attached hydrogen (secondary N) is 1. The van der Waals surface area contributed by atoms with E-state index in [9.17, 15) is 26.3 Å². The second kappa shape index (κ2) is 5.94. The number of aromatic nitrogens is 4. The van der Waals surface area contributed by atoms with E-state index < -0.39 is 23.5 Å². The number of hydrogen-bond acceptors (Lipinski definition) is 5. The summed E-state index contributed by atoms with van der Waals surface area (Å²) in [6.07, 6.45) is -9.17. The summed E-state index contributed by atoms with van der Waals surface area (Å²) in [5, 5.41) is 10.7. The second-order valence-electron chi connectivity index (χ2n) is 6.08. The minimum atomic E-state index is -5.17. The average molecular weight is 390 g/mol. The molecule has 0 aliphatic carbocycles. The van der Waals surface area contributed by atoms with Crippen LogP contribution in [0, 0.1) is 0 Å². The molecule has 1 aliphatic rings. The molecule has 6 nitrogen and oxygen atoms in total. The van der Waals surface area contributed by atoms with Crippen LogP contribution in [0.2, 0.25) is 0 Å². The number of alkyl halides is 6. The third kappa shape index (κ3) is 3.03. The Labute approximate surface area is 147 Å². The minimum absolute atomic E-state index is 0.144. The number of nitrogens with zero attached hydrogens (tertiary/aromatic N) is 5. The molecular formula is C15H12F6N6. The molecule has 1 saturated heterocycles. The molecule has 3 heterocycles. The van der Waals surface area contributed by atoms with E-state index in [0.717, 1.165) is 0 Å². The van der Waals surface area contributed by atoms with Gasteiger partial charge in [-0.2, -0.15) is 26.3 Å². The van der Waals surface area contributed by atoms with Crippen LogP contribution in [-0.2, 0) is 12.4 Å². The Balaban J connectivity index is 2.03. The number of halogens is 6. The minimum Gasteiger partial charge on any atom is -0.351 e. The third-order valence-electron chi connectivity index (χ3n) is 4.38. The third-order valence-corrected chi connectivity index (χ3v) is 4.38. The number of rotatable bonds is 1. The standard InChI is InChI=1S/C15H12F6N6/c16-14(17,18)8-5-10-11(6-9(8)15(19,20)21)27-7-23-25-13(27)12(24-10)26-3-1-22-2-4-26/h5-7,22H,1-4H2. The maximum atomic E-state index is 13.2. The highest BCUT2D eigenvalue weighted by molar-refractivity contribution is 5.84. The Morgan fingerprint density at radius 1 is 0.926 bits per heavy atom. The van der Waals surface area contributed by atoms with E-state index in [1.54, 1.807) is 0 Å². The van der Waals surface area contributed by atoms with Crippen LogP contribution in [0.15, 0.2) is 18.5 Å². The maximum Gasteiger partial charge on any atom is 0.417 e. The molecule has 0 atom stereocenters. The summed E-state index contributed by atoms with van der Waals surface area (Å²) < 4.78 is 80.6. The van der Waals surface area contributed by atoms with Gasteiger partial charge in [0.05, 0.1) is 22.2 Å². The molecule has 0 amide bonds. The zero-order chi connectivity index (χ0) is 19.4. The number of hydrogen-bond donors (Lipinski definition) is 1. The Bertz CT molecular complexity index is 1000. The van der Waals surface area contributed by atoms with Gasteiger partial charge in [0.1, 0.15) is 6.33 Å². The van der Waals surface area contributed by atoms with Crippen molar-refractivity contribution in [2.45, 2.75) is 12.4 Å². The van der Waals surface area contributed by atoms with Crippen molar-refractivity contribution in [3.05, 3.63) is 29.6 Å². The molecule has 0 radical (unpaired) electrons. The van der Waals surface area contributed by atoms with Crippen molar-refractivity contribution in [1.29, 1.82) is 0 Å². The molecule has 1 N–H and O–H groups in total. The van der Waals surface area contributed by atoms with Gasteiger partial charge in [0.15, 0.2) is 5.82 Å². The molecule has 12 heteroatoms. The molecule has 3 aromatic rings. The largest absolute Gasteiger partial charge is 0.417 e. The number of benzene rings is 1. The van der Waals surface area contributed by atoms with Crippen LogP contribution < -0.4 is 10.2 Å². The monoisotopic (exact) mass is 390 g/mol. The van der Waals surface area contributed by atoms with E-state index in [4.69, 9.17) is 0 Å². The van der Waals surface area contributed by atoms with Gasteiger partial charge < -0.3 is 10.2 Å². The lowest BCUT2D eigenvalue weighted by Crippen LogP contribution is -2.44. The molecule has 0 spiro atoms. The summed E-state index contributed by atoms with van der Waals surface area (Å²) >= 11 is 0. The van der Waals surface area contributed by atoms with Gasteiger partial charge in [-0.05, 0) is 12.1 Å². The number of fused-ring (bicyclic) bond motifs is 3. The van der Waals surface area contributed by atoms with E-state index in [-0.39, 0.29) is 22.5 Å². The molecule has 0 saturated carbocycles. The van der Waals surface area contributed by atoms with Gasteiger partial charge in [0.25, 0.3) is 0 Å². The van der Waals surface area contributed by atoms with Gasteiger partial charge in [0, 0.05) is 26.2 Å². The van der Waals surface area contributed by atoms with Crippen LogP contribution in [0.1, 0.15) is 11.1 Å². The van der Waals surface area contributed by atoms with Crippen molar-refractivity contribution in [2.24, 2.45) is 0 Å². The Hall–Kier alpha value is -2.63. The molecule has 1 aromatic carbocycles. The number of anilines is 1. The Morgan fingerprint density at radius 3 is 2.19 bits per heavy atom. The second-order valence-corrected chi connectivity index (χ2v) is 6.08. The smallest absolute Gasteiger partial charge is 0.351 e. The Morgan fingerprint density at radius 2 is 1.56 bits per heavy atom. The SMILES string of the molecule is FC(F)(F)c1cc2nc(N3CCNCC3)c3nncn3c2cc1C(F)(F)F. The molecule has 0 bridgehead atoms. The summed E-state index contributed by atoms with van der Waals surface area (Å²) in [7, 11) is 0. The van der Waals surface area contributed by atoms with Gasteiger partial charge in [-0.15, -0.1) is 10.2 Å². The normalized spacial score (nSPS) is 16.4. The zero-order valence-electron chi connectivity index (χ0n) is 13.6. The van der Waals surface area contributed by atoms with Crippen molar-refractivity contribution >= 4 is 22.5 Å². The fourth-order valence-corrected chi connectivity index (χ4v) is 3.15. The Kier molecular flexibility index (Phi) is 3.91. The van der Waals surface area contributed by atoms with Crippen LogP contribution in [0.25, 0.3) is 16.7 Å². The van der Waals surface area contributed by atoms with E-state index in [0.29, 0.717) is 38.3 Å². The molecular weight excluding hydrogens is 378 g/mol. The summed E-state index contributed by atoms with van der Waals surface area (Å²) in [6.45, 7) is 2.35. The lowest BCUT2D eigenvalue weighted by molar-refractivity contribution is -0.161. The van der Waals surface area contributed by atoms with E-state index in [1.165, 1.54) is 10.7 Å². The highest BCUT2D eigenvalue weighted by Gasteiger charge is 2.43. The lowest BCUT2D eigenvalue weighted by Gasteiger charge is -2.28. The lowest BCUT2D eigenvalue weighted by atomic mass is 10.0. The fourth-order valence-electron chi connectivity index (χ4n) is 3.15. The first-order valence-corrected chi connectivity index (χ1v) is 7.94. The van der Waals surface area contributed by atoms with Crippen molar-refractivity contribution < 1.29 is 26.3 Å². The van der Waals surface area contributed by atoms with E-state index in [2.05, 4.69) is 20.5 Å². The van der Waals surface area contributed by atoms with E-state index in [1.807, 2.05) is 4.90 Å².